The van der Waals surface area contributed by atoms with Gasteiger partial charge in [0.05, 0.1) is 0 Å². The Morgan fingerprint density at radius 3 is 2.81 bits per heavy atom. The van der Waals surface area contributed by atoms with E-state index < -0.39 is 12.9 Å². The second-order valence-electron chi connectivity index (χ2n) is 6.15. The second kappa shape index (κ2) is 6.44. The van der Waals surface area contributed by atoms with Crippen molar-refractivity contribution in [3.8, 4) is 0 Å². The van der Waals surface area contributed by atoms with E-state index in [9.17, 15) is 14.4 Å². The number of hydrogen-bond acceptors (Lipinski definition) is 4. The van der Waals surface area contributed by atoms with Crippen molar-refractivity contribution in [2.75, 3.05) is 26.2 Å². The van der Waals surface area contributed by atoms with Crippen LogP contribution in [0.2, 0.25) is 0 Å². The highest BCUT2D eigenvalue weighted by molar-refractivity contribution is 6.58. The van der Waals surface area contributed by atoms with Crippen LogP contribution in [0.3, 0.4) is 0 Å². The molecule has 1 aromatic rings. The molecule has 2 aliphatic rings. The zero-order chi connectivity index (χ0) is 14.8. The molecule has 0 radical (unpaired) electrons. The van der Waals surface area contributed by atoms with Gasteiger partial charge in [0, 0.05) is 24.6 Å². The van der Waals surface area contributed by atoms with Crippen molar-refractivity contribution in [3.63, 3.8) is 0 Å². The van der Waals surface area contributed by atoms with Gasteiger partial charge in [-0.05, 0) is 50.5 Å². The van der Waals surface area contributed by atoms with Crippen LogP contribution in [0.5, 0.6) is 0 Å². The summed E-state index contributed by atoms with van der Waals surface area (Å²) in [5.41, 5.74) is 0.899. The summed E-state index contributed by atoms with van der Waals surface area (Å²) in [6.07, 6.45) is 3.71. The van der Waals surface area contributed by atoms with E-state index in [4.69, 9.17) is 0 Å². The Labute approximate surface area is 125 Å². The van der Waals surface area contributed by atoms with Gasteiger partial charge in [0.25, 0.3) is 0 Å². The van der Waals surface area contributed by atoms with Gasteiger partial charge in [-0.2, -0.15) is 0 Å². The van der Waals surface area contributed by atoms with Crippen molar-refractivity contribution >= 4 is 12.6 Å². The third-order valence-electron chi connectivity index (χ3n) is 4.63. The van der Waals surface area contributed by atoms with Crippen LogP contribution in [0, 0.1) is 5.82 Å². The molecule has 6 heteroatoms. The third-order valence-corrected chi connectivity index (χ3v) is 4.63. The number of benzene rings is 1. The normalized spacial score (nSPS) is 23.9. The van der Waals surface area contributed by atoms with Crippen LogP contribution in [-0.4, -0.2) is 59.2 Å². The molecule has 0 bridgehead atoms. The van der Waals surface area contributed by atoms with Crippen molar-refractivity contribution < 1.29 is 14.4 Å². The monoisotopic (exact) mass is 292 g/mol. The Morgan fingerprint density at radius 1 is 1.19 bits per heavy atom. The van der Waals surface area contributed by atoms with Gasteiger partial charge in [-0.1, -0.05) is 12.1 Å². The molecule has 1 unspecified atom stereocenters. The molecule has 2 heterocycles. The summed E-state index contributed by atoms with van der Waals surface area (Å²) in [7, 11) is -1.75. The van der Waals surface area contributed by atoms with Gasteiger partial charge in [-0.25, -0.2) is 4.39 Å². The minimum atomic E-state index is -1.75. The lowest BCUT2D eigenvalue weighted by molar-refractivity contribution is 0.215. The zero-order valence-electron chi connectivity index (χ0n) is 12.2. The molecule has 0 aliphatic carbocycles. The first-order chi connectivity index (χ1) is 10.1. The third kappa shape index (κ3) is 3.45. The number of nitrogens with zero attached hydrogens (tertiary/aromatic N) is 2. The molecule has 0 spiro atoms. The number of rotatable bonds is 3. The lowest BCUT2D eigenvalue weighted by Gasteiger charge is -2.25. The van der Waals surface area contributed by atoms with Crippen molar-refractivity contribution in [3.05, 3.63) is 29.6 Å². The van der Waals surface area contributed by atoms with E-state index in [2.05, 4.69) is 9.80 Å². The highest BCUT2D eigenvalue weighted by Gasteiger charge is 2.28. The smallest absolute Gasteiger partial charge is 0.423 e. The van der Waals surface area contributed by atoms with Gasteiger partial charge in [-0.15, -0.1) is 0 Å². The summed E-state index contributed by atoms with van der Waals surface area (Å²) in [6.45, 7) is 5.22. The largest absolute Gasteiger partial charge is 0.491 e. The first-order valence-corrected chi connectivity index (χ1v) is 7.74. The van der Waals surface area contributed by atoms with E-state index in [0.717, 1.165) is 31.6 Å². The van der Waals surface area contributed by atoms with E-state index in [-0.39, 0.29) is 5.46 Å². The Hall–Kier alpha value is -0.945. The van der Waals surface area contributed by atoms with Gasteiger partial charge in [-0.3, -0.25) is 9.80 Å². The highest BCUT2D eigenvalue weighted by Crippen LogP contribution is 2.22. The standard InChI is InChI=1S/C15H22BFN2O2/c17-15-5-4-12(9-14(15)16(20)21)10-18-6-2-8-19-7-1-3-13(19)11-18/h4-5,9,13,20-21H,1-3,6-8,10-11H2. The molecule has 0 amide bonds. The number of fused-ring (bicyclic) bond motifs is 1. The number of hydrogen-bond donors (Lipinski definition) is 2. The average Bonchev–Trinajstić information content (AvgIpc) is 2.79. The summed E-state index contributed by atoms with van der Waals surface area (Å²) in [5, 5.41) is 18.4. The summed E-state index contributed by atoms with van der Waals surface area (Å²) in [5.74, 6) is -0.563. The highest BCUT2D eigenvalue weighted by atomic mass is 19.1. The predicted octanol–water partition coefficient (Wildman–Crippen LogP) is 0.176. The average molecular weight is 292 g/mol. The minimum absolute atomic E-state index is 0.0372. The molecule has 2 aliphatic heterocycles. The lowest BCUT2D eigenvalue weighted by atomic mass is 9.79. The maximum Gasteiger partial charge on any atom is 0.491 e. The molecule has 1 atom stereocenters. The Kier molecular flexibility index (Phi) is 4.59. The second-order valence-corrected chi connectivity index (χ2v) is 6.15. The van der Waals surface area contributed by atoms with E-state index in [1.165, 1.54) is 32.0 Å². The lowest BCUT2D eigenvalue weighted by Crippen LogP contribution is -2.37. The fourth-order valence-corrected chi connectivity index (χ4v) is 3.57. The topological polar surface area (TPSA) is 46.9 Å². The first kappa shape index (κ1) is 15.0. The molecule has 21 heavy (non-hydrogen) atoms. The van der Waals surface area contributed by atoms with Crippen LogP contribution in [0.15, 0.2) is 18.2 Å². The molecule has 2 N–H and O–H groups in total. The van der Waals surface area contributed by atoms with Crippen LogP contribution >= 0.6 is 0 Å². The van der Waals surface area contributed by atoms with Gasteiger partial charge in [0.2, 0.25) is 0 Å². The fourth-order valence-electron chi connectivity index (χ4n) is 3.57. The summed E-state index contributed by atoms with van der Waals surface area (Å²) in [6, 6.07) is 5.27. The fraction of sp³-hybridized carbons (Fsp3) is 0.600. The Bertz CT molecular complexity index is 501. The minimum Gasteiger partial charge on any atom is -0.423 e. The van der Waals surface area contributed by atoms with Crippen LogP contribution < -0.4 is 5.46 Å². The van der Waals surface area contributed by atoms with Gasteiger partial charge >= 0.3 is 7.12 Å². The van der Waals surface area contributed by atoms with Crippen LogP contribution in [-0.2, 0) is 6.54 Å². The van der Waals surface area contributed by atoms with Crippen LogP contribution in [0.1, 0.15) is 24.8 Å². The van der Waals surface area contributed by atoms with Crippen molar-refractivity contribution in [1.82, 2.24) is 9.80 Å². The SMILES string of the molecule is OB(O)c1cc(CN2CCCN3CCCC3C2)ccc1F. The molecule has 0 saturated carbocycles. The van der Waals surface area contributed by atoms with Crippen LogP contribution in [0.25, 0.3) is 0 Å². The summed E-state index contributed by atoms with van der Waals surface area (Å²) < 4.78 is 13.5. The van der Waals surface area contributed by atoms with Crippen molar-refractivity contribution in [2.24, 2.45) is 0 Å². The maximum absolute atomic E-state index is 13.5. The predicted molar refractivity (Wildman–Crippen MR) is 80.7 cm³/mol. The molecule has 3 rings (SSSR count). The molecule has 0 aromatic heterocycles. The molecule has 114 valence electrons. The first-order valence-electron chi connectivity index (χ1n) is 7.74. The van der Waals surface area contributed by atoms with Gasteiger partial charge < -0.3 is 10.0 Å². The Balaban J connectivity index is 1.69. The molecule has 2 saturated heterocycles. The van der Waals surface area contributed by atoms with E-state index in [1.54, 1.807) is 12.1 Å². The van der Waals surface area contributed by atoms with E-state index in [1.807, 2.05) is 0 Å². The van der Waals surface area contributed by atoms with Crippen LogP contribution in [0.4, 0.5) is 4.39 Å². The maximum atomic E-state index is 13.5. The Morgan fingerprint density at radius 2 is 2.00 bits per heavy atom. The van der Waals surface area contributed by atoms with Crippen molar-refractivity contribution in [2.45, 2.75) is 31.8 Å². The molecular weight excluding hydrogens is 270 g/mol. The molecule has 1 aromatic carbocycles. The van der Waals surface area contributed by atoms with Crippen molar-refractivity contribution in [1.29, 1.82) is 0 Å². The van der Waals surface area contributed by atoms with Gasteiger partial charge in [0.1, 0.15) is 5.82 Å². The number of halogens is 1. The van der Waals surface area contributed by atoms with E-state index >= 15 is 0 Å². The molecule has 2 fully saturated rings. The summed E-state index contributed by atoms with van der Waals surface area (Å²) in [4.78, 5) is 4.98. The van der Waals surface area contributed by atoms with Gasteiger partial charge in [0.15, 0.2) is 0 Å². The molecular formula is C15H22BFN2O2. The van der Waals surface area contributed by atoms with E-state index in [0.29, 0.717) is 6.04 Å². The zero-order valence-corrected chi connectivity index (χ0v) is 12.2. The quantitative estimate of drug-likeness (QED) is 0.780. The molecule has 4 nitrogen and oxygen atoms in total. The summed E-state index contributed by atoms with van der Waals surface area (Å²) >= 11 is 0.